The lowest BCUT2D eigenvalue weighted by Crippen LogP contribution is -2.22. The lowest BCUT2D eigenvalue weighted by atomic mass is 10.2. The van der Waals surface area contributed by atoms with Crippen molar-refractivity contribution in [3.05, 3.63) is 63.7 Å². The molecule has 0 aliphatic heterocycles. The van der Waals surface area contributed by atoms with E-state index in [0.29, 0.717) is 28.2 Å². The molecule has 0 unspecified atom stereocenters. The van der Waals surface area contributed by atoms with Gasteiger partial charge in [-0.15, -0.1) is 0 Å². The van der Waals surface area contributed by atoms with Crippen molar-refractivity contribution in [2.75, 3.05) is 5.75 Å². The molecule has 26 heavy (non-hydrogen) atoms. The number of nitriles is 1. The molecule has 0 amide bonds. The van der Waals surface area contributed by atoms with E-state index in [1.807, 2.05) is 6.07 Å². The number of hydrogen-bond donors (Lipinski definition) is 0. The van der Waals surface area contributed by atoms with Crippen molar-refractivity contribution in [1.82, 2.24) is 9.55 Å². The SMILES string of the molecule is N#CCCCCSc1nc2ccccc2c(=O)n1-c1ccc(F)c(Cl)c1. The van der Waals surface area contributed by atoms with Crippen LogP contribution in [-0.2, 0) is 0 Å². The van der Waals surface area contributed by atoms with Crippen LogP contribution >= 0.6 is 23.4 Å². The Balaban J connectivity index is 2.07. The first kappa shape index (κ1) is 18.4. The summed E-state index contributed by atoms with van der Waals surface area (Å²) in [6.45, 7) is 0. The molecule has 132 valence electrons. The van der Waals surface area contributed by atoms with E-state index in [1.165, 1.54) is 34.5 Å². The van der Waals surface area contributed by atoms with Crippen LogP contribution in [0.4, 0.5) is 4.39 Å². The zero-order valence-electron chi connectivity index (χ0n) is 13.8. The first-order chi connectivity index (χ1) is 12.6. The fourth-order valence-corrected chi connectivity index (χ4v) is 3.72. The summed E-state index contributed by atoms with van der Waals surface area (Å²) < 4.78 is 15.0. The monoisotopic (exact) mass is 387 g/mol. The minimum Gasteiger partial charge on any atom is -0.268 e. The Morgan fingerprint density at radius 1 is 1.23 bits per heavy atom. The first-order valence-corrected chi connectivity index (χ1v) is 9.45. The fourth-order valence-electron chi connectivity index (χ4n) is 2.53. The Bertz CT molecular complexity index is 1050. The summed E-state index contributed by atoms with van der Waals surface area (Å²) in [6.07, 6.45) is 2.14. The van der Waals surface area contributed by atoms with E-state index in [1.54, 1.807) is 18.2 Å². The Kier molecular flexibility index (Phi) is 5.92. The van der Waals surface area contributed by atoms with Gasteiger partial charge in [0.1, 0.15) is 5.82 Å². The van der Waals surface area contributed by atoms with Crippen molar-refractivity contribution < 1.29 is 4.39 Å². The minimum absolute atomic E-state index is 0.0486. The predicted octanol–water partition coefficient (Wildman–Crippen LogP) is 4.96. The van der Waals surface area contributed by atoms with Gasteiger partial charge in [0.2, 0.25) is 0 Å². The number of nitrogens with zero attached hydrogens (tertiary/aromatic N) is 3. The summed E-state index contributed by atoms with van der Waals surface area (Å²) in [4.78, 5) is 17.6. The van der Waals surface area contributed by atoms with Crippen molar-refractivity contribution in [2.45, 2.75) is 24.4 Å². The third-order valence-electron chi connectivity index (χ3n) is 3.82. The van der Waals surface area contributed by atoms with Gasteiger partial charge in [-0.25, -0.2) is 9.37 Å². The molecule has 3 rings (SSSR count). The molecule has 3 aromatic rings. The lowest BCUT2D eigenvalue weighted by molar-refractivity contribution is 0.627. The normalized spacial score (nSPS) is 10.8. The zero-order valence-corrected chi connectivity index (χ0v) is 15.4. The van der Waals surface area contributed by atoms with E-state index in [0.717, 1.165) is 18.6 Å². The van der Waals surface area contributed by atoms with E-state index < -0.39 is 5.82 Å². The van der Waals surface area contributed by atoms with E-state index in [-0.39, 0.29) is 10.6 Å². The second-order valence-electron chi connectivity index (χ2n) is 5.61. The van der Waals surface area contributed by atoms with Crippen LogP contribution in [0.3, 0.4) is 0 Å². The van der Waals surface area contributed by atoms with Gasteiger partial charge >= 0.3 is 0 Å². The maximum absolute atomic E-state index is 13.5. The number of unbranched alkanes of at least 4 members (excludes halogenated alkanes) is 2. The van der Waals surface area contributed by atoms with Crippen molar-refractivity contribution in [3.8, 4) is 11.8 Å². The van der Waals surface area contributed by atoms with E-state index in [2.05, 4.69) is 11.1 Å². The number of hydrogen-bond acceptors (Lipinski definition) is 4. The molecular formula is C19H15ClFN3OS. The molecule has 0 radical (unpaired) electrons. The molecule has 0 atom stereocenters. The van der Waals surface area contributed by atoms with Gasteiger partial charge in [-0.1, -0.05) is 35.5 Å². The van der Waals surface area contributed by atoms with E-state index in [4.69, 9.17) is 16.9 Å². The van der Waals surface area contributed by atoms with Crippen LogP contribution in [0.2, 0.25) is 5.02 Å². The third-order valence-corrected chi connectivity index (χ3v) is 5.13. The summed E-state index contributed by atoms with van der Waals surface area (Å²) in [5, 5.41) is 9.58. The van der Waals surface area contributed by atoms with Gasteiger partial charge in [-0.3, -0.25) is 9.36 Å². The molecule has 0 aliphatic rings. The highest BCUT2D eigenvalue weighted by Gasteiger charge is 2.14. The second-order valence-corrected chi connectivity index (χ2v) is 7.08. The van der Waals surface area contributed by atoms with Crippen LogP contribution in [0.1, 0.15) is 19.3 Å². The Morgan fingerprint density at radius 3 is 2.81 bits per heavy atom. The highest BCUT2D eigenvalue weighted by Crippen LogP contribution is 2.25. The summed E-state index contributed by atoms with van der Waals surface area (Å²) in [5.41, 5.74) is 0.860. The number of fused-ring (bicyclic) bond motifs is 1. The van der Waals surface area contributed by atoms with Gasteiger partial charge < -0.3 is 0 Å². The molecule has 0 spiro atoms. The van der Waals surface area contributed by atoms with Crippen LogP contribution in [0, 0.1) is 17.1 Å². The molecular weight excluding hydrogens is 373 g/mol. The van der Waals surface area contributed by atoms with E-state index in [9.17, 15) is 9.18 Å². The van der Waals surface area contributed by atoms with Gasteiger partial charge in [0.05, 0.1) is 27.7 Å². The molecule has 0 bridgehead atoms. The first-order valence-electron chi connectivity index (χ1n) is 8.09. The number of aromatic nitrogens is 2. The summed E-state index contributed by atoms with van der Waals surface area (Å²) in [6, 6.07) is 13.4. The van der Waals surface area contributed by atoms with Crippen LogP contribution in [-0.4, -0.2) is 15.3 Å². The molecule has 1 heterocycles. The highest BCUT2D eigenvalue weighted by molar-refractivity contribution is 7.99. The molecule has 0 saturated carbocycles. The Hall–Kier alpha value is -2.36. The van der Waals surface area contributed by atoms with Crippen LogP contribution in [0.5, 0.6) is 0 Å². The number of halogens is 2. The average Bonchev–Trinajstić information content (AvgIpc) is 2.64. The topological polar surface area (TPSA) is 58.7 Å². The molecule has 4 nitrogen and oxygen atoms in total. The number of para-hydroxylation sites is 1. The minimum atomic E-state index is -0.539. The molecule has 0 saturated heterocycles. The molecule has 0 fully saturated rings. The van der Waals surface area contributed by atoms with Gasteiger partial charge in [-0.2, -0.15) is 5.26 Å². The predicted molar refractivity (Wildman–Crippen MR) is 102 cm³/mol. The molecule has 2 aromatic carbocycles. The quantitative estimate of drug-likeness (QED) is 0.340. The largest absolute Gasteiger partial charge is 0.268 e. The van der Waals surface area contributed by atoms with Crippen LogP contribution < -0.4 is 5.56 Å². The highest BCUT2D eigenvalue weighted by atomic mass is 35.5. The number of rotatable bonds is 6. The maximum Gasteiger partial charge on any atom is 0.266 e. The van der Waals surface area contributed by atoms with Gasteiger partial charge in [-0.05, 0) is 43.2 Å². The van der Waals surface area contributed by atoms with Gasteiger partial charge in [0, 0.05) is 12.2 Å². The van der Waals surface area contributed by atoms with Crippen molar-refractivity contribution >= 4 is 34.3 Å². The summed E-state index contributed by atoms with van der Waals surface area (Å²) in [5.74, 6) is 0.185. The van der Waals surface area contributed by atoms with Crippen LogP contribution in [0.25, 0.3) is 16.6 Å². The van der Waals surface area contributed by atoms with Crippen molar-refractivity contribution in [3.63, 3.8) is 0 Å². The average molecular weight is 388 g/mol. The Morgan fingerprint density at radius 2 is 2.04 bits per heavy atom. The molecule has 0 N–H and O–H groups in total. The van der Waals surface area contributed by atoms with Crippen LogP contribution in [0.15, 0.2) is 52.4 Å². The molecule has 0 aliphatic carbocycles. The Labute approximate surface area is 159 Å². The van der Waals surface area contributed by atoms with Crippen molar-refractivity contribution in [2.24, 2.45) is 0 Å². The fraction of sp³-hybridized carbons (Fsp3) is 0.211. The van der Waals surface area contributed by atoms with Crippen molar-refractivity contribution in [1.29, 1.82) is 5.26 Å². The zero-order chi connectivity index (χ0) is 18.5. The summed E-state index contributed by atoms with van der Waals surface area (Å²) >= 11 is 7.34. The summed E-state index contributed by atoms with van der Waals surface area (Å²) in [7, 11) is 0. The van der Waals surface area contributed by atoms with E-state index >= 15 is 0 Å². The standard InChI is InChI=1S/C19H15ClFN3OS/c20-15-12-13(8-9-16(15)21)24-18(25)14-6-2-3-7-17(14)23-19(24)26-11-5-1-4-10-22/h2-3,6-9,12H,1,4-5,11H2. The molecule has 7 heteroatoms. The van der Waals surface area contributed by atoms with Gasteiger partial charge in [0.15, 0.2) is 5.16 Å². The molecule has 1 aromatic heterocycles. The number of thioether (sulfide) groups is 1. The lowest BCUT2D eigenvalue weighted by Gasteiger charge is -2.13. The second kappa shape index (κ2) is 8.35. The maximum atomic E-state index is 13.5. The number of benzene rings is 2. The third kappa shape index (κ3) is 3.90. The smallest absolute Gasteiger partial charge is 0.266 e. The van der Waals surface area contributed by atoms with Gasteiger partial charge in [0.25, 0.3) is 5.56 Å².